The van der Waals surface area contributed by atoms with Crippen LogP contribution in [0.15, 0.2) is 0 Å². The van der Waals surface area contributed by atoms with E-state index in [0.29, 0.717) is 11.4 Å². The molecule has 6 nitrogen and oxygen atoms in total. The Morgan fingerprint density at radius 3 is 2.80 bits per heavy atom. The highest BCUT2D eigenvalue weighted by molar-refractivity contribution is 7.08. The molecule has 0 radical (unpaired) electrons. The first-order valence-corrected chi connectivity index (χ1v) is 7.84. The van der Waals surface area contributed by atoms with Crippen LogP contribution in [0.5, 0.6) is 0 Å². The summed E-state index contributed by atoms with van der Waals surface area (Å²) in [6.45, 7) is 9.46. The lowest BCUT2D eigenvalue weighted by atomic mass is 10.2. The number of amides is 1. The Kier molecular flexibility index (Phi) is 5.45. The molecule has 2 unspecified atom stereocenters. The molecule has 1 aromatic heterocycles. The Labute approximate surface area is 123 Å². The number of morpholine rings is 1. The van der Waals surface area contributed by atoms with Crippen LogP contribution in [0, 0.1) is 0 Å². The summed E-state index contributed by atoms with van der Waals surface area (Å²) in [6, 6.07) is 0. The second-order valence-corrected chi connectivity index (χ2v) is 5.93. The summed E-state index contributed by atoms with van der Waals surface area (Å²) in [5.41, 5.74) is 0.779. The maximum Gasteiger partial charge on any atom is 0.264 e. The van der Waals surface area contributed by atoms with Gasteiger partial charge in [-0.2, -0.15) is 0 Å². The van der Waals surface area contributed by atoms with Crippen LogP contribution in [0.3, 0.4) is 0 Å². The smallest absolute Gasteiger partial charge is 0.264 e. The molecule has 1 aliphatic rings. The van der Waals surface area contributed by atoms with Gasteiger partial charge in [0.2, 0.25) is 0 Å². The Morgan fingerprint density at radius 2 is 2.15 bits per heavy atom. The van der Waals surface area contributed by atoms with Crippen molar-refractivity contribution in [1.82, 2.24) is 19.8 Å². The number of ether oxygens (including phenoxy) is 1. The van der Waals surface area contributed by atoms with Gasteiger partial charge in [0.25, 0.3) is 5.91 Å². The van der Waals surface area contributed by atoms with E-state index in [4.69, 9.17) is 4.74 Å². The van der Waals surface area contributed by atoms with Gasteiger partial charge in [-0.05, 0) is 31.8 Å². The van der Waals surface area contributed by atoms with Crippen LogP contribution < -0.4 is 5.32 Å². The molecule has 0 spiro atoms. The summed E-state index contributed by atoms with van der Waals surface area (Å²) >= 11 is 1.16. The van der Waals surface area contributed by atoms with E-state index in [0.717, 1.165) is 43.3 Å². The summed E-state index contributed by atoms with van der Waals surface area (Å²) in [5, 5.41) is 6.90. The molecule has 1 aliphatic heterocycles. The van der Waals surface area contributed by atoms with Gasteiger partial charge in [0.05, 0.1) is 17.9 Å². The number of hydrogen-bond acceptors (Lipinski definition) is 6. The molecule has 0 aliphatic carbocycles. The molecule has 0 saturated carbocycles. The predicted molar refractivity (Wildman–Crippen MR) is 78.1 cm³/mol. The highest BCUT2D eigenvalue weighted by Crippen LogP contribution is 2.11. The number of nitrogens with zero attached hydrogens (tertiary/aromatic N) is 3. The molecule has 2 atom stereocenters. The van der Waals surface area contributed by atoms with Crippen LogP contribution >= 0.6 is 11.5 Å². The highest BCUT2D eigenvalue weighted by Gasteiger charge is 2.22. The summed E-state index contributed by atoms with van der Waals surface area (Å²) in [7, 11) is 0. The van der Waals surface area contributed by atoms with Crippen LogP contribution in [0.2, 0.25) is 0 Å². The summed E-state index contributed by atoms with van der Waals surface area (Å²) < 4.78 is 9.52. The summed E-state index contributed by atoms with van der Waals surface area (Å²) in [5.74, 6) is -0.0637. The molecule has 7 heteroatoms. The molecule has 20 heavy (non-hydrogen) atoms. The van der Waals surface area contributed by atoms with Crippen molar-refractivity contribution < 1.29 is 9.53 Å². The van der Waals surface area contributed by atoms with Gasteiger partial charge in [-0.15, -0.1) is 5.10 Å². The quantitative estimate of drug-likeness (QED) is 0.876. The van der Waals surface area contributed by atoms with E-state index < -0.39 is 0 Å². The Hall–Kier alpha value is -1.05. The third-order valence-corrected chi connectivity index (χ3v) is 4.07. The minimum Gasteiger partial charge on any atom is -0.373 e. The van der Waals surface area contributed by atoms with Gasteiger partial charge in [-0.3, -0.25) is 9.69 Å². The molecule has 1 amide bonds. The van der Waals surface area contributed by atoms with Crippen molar-refractivity contribution in [3.05, 3.63) is 10.6 Å². The molecule has 0 bridgehead atoms. The maximum atomic E-state index is 12.0. The molecular weight excluding hydrogens is 276 g/mol. The zero-order valence-electron chi connectivity index (χ0n) is 12.3. The van der Waals surface area contributed by atoms with E-state index in [1.165, 1.54) is 0 Å². The van der Waals surface area contributed by atoms with Crippen LogP contribution in [-0.2, 0) is 11.2 Å². The maximum absolute atomic E-state index is 12.0. The normalized spacial score (nSPS) is 23.8. The molecule has 1 fully saturated rings. The van der Waals surface area contributed by atoms with Crippen molar-refractivity contribution in [2.75, 3.05) is 26.2 Å². The number of hydrogen-bond donors (Lipinski definition) is 1. The molecule has 2 heterocycles. The van der Waals surface area contributed by atoms with Gasteiger partial charge in [0.15, 0.2) is 0 Å². The average molecular weight is 298 g/mol. The number of aromatic nitrogens is 2. The summed E-state index contributed by atoms with van der Waals surface area (Å²) in [6.07, 6.45) is 1.25. The SMILES string of the molecule is CCc1nnsc1C(=O)NCCN1CC(C)OC(C)C1. The first-order valence-electron chi connectivity index (χ1n) is 7.07. The zero-order chi connectivity index (χ0) is 14.5. The van der Waals surface area contributed by atoms with Crippen molar-refractivity contribution in [3.63, 3.8) is 0 Å². The molecular formula is C13H22N4O2S. The zero-order valence-corrected chi connectivity index (χ0v) is 13.1. The largest absolute Gasteiger partial charge is 0.373 e. The van der Waals surface area contributed by atoms with Crippen LogP contribution in [-0.4, -0.2) is 58.8 Å². The van der Waals surface area contributed by atoms with Crippen LogP contribution in [0.4, 0.5) is 0 Å². The third-order valence-electron chi connectivity index (χ3n) is 3.31. The van der Waals surface area contributed by atoms with E-state index >= 15 is 0 Å². The minimum absolute atomic E-state index is 0.0637. The van der Waals surface area contributed by atoms with Gasteiger partial charge in [-0.25, -0.2) is 0 Å². The van der Waals surface area contributed by atoms with E-state index in [1.54, 1.807) is 0 Å². The molecule has 0 aromatic carbocycles. The van der Waals surface area contributed by atoms with Crippen molar-refractivity contribution in [2.45, 2.75) is 39.4 Å². The van der Waals surface area contributed by atoms with Gasteiger partial charge >= 0.3 is 0 Å². The van der Waals surface area contributed by atoms with Gasteiger partial charge < -0.3 is 10.1 Å². The molecule has 1 N–H and O–H groups in total. The summed E-state index contributed by atoms with van der Waals surface area (Å²) in [4.78, 5) is 15.0. The Morgan fingerprint density at radius 1 is 1.45 bits per heavy atom. The monoisotopic (exact) mass is 298 g/mol. The van der Waals surface area contributed by atoms with Crippen LogP contribution in [0.25, 0.3) is 0 Å². The number of carbonyl (C=O) groups excluding carboxylic acids is 1. The van der Waals surface area contributed by atoms with Crippen molar-refractivity contribution in [1.29, 1.82) is 0 Å². The van der Waals surface area contributed by atoms with Gasteiger partial charge in [0.1, 0.15) is 4.88 Å². The van der Waals surface area contributed by atoms with Crippen molar-refractivity contribution in [2.24, 2.45) is 0 Å². The molecule has 1 aromatic rings. The topological polar surface area (TPSA) is 67.4 Å². The first-order chi connectivity index (χ1) is 9.60. The predicted octanol–water partition coefficient (Wildman–Crippen LogP) is 0.940. The third kappa shape index (κ3) is 3.97. The number of carbonyl (C=O) groups is 1. The van der Waals surface area contributed by atoms with E-state index in [-0.39, 0.29) is 18.1 Å². The lowest BCUT2D eigenvalue weighted by Crippen LogP contribution is -2.47. The first kappa shape index (κ1) is 15.3. The van der Waals surface area contributed by atoms with E-state index in [2.05, 4.69) is 33.7 Å². The van der Waals surface area contributed by atoms with Crippen molar-refractivity contribution >= 4 is 17.4 Å². The lowest BCUT2D eigenvalue weighted by Gasteiger charge is -2.35. The molecule has 112 valence electrons. The fourth-order valence-electron chi connectivity index (χ4n) is 2.49. The minimum atomic E-state index is -0.0637. The number of rotatable bonds is 5. The lowest BCUT2D eigenvalue weighted by molar-refractivity contribution is -0.0672. The standard InChI is InChI=1S/C13H22N4O2S/c1-4-11-12(20-16-15-11)13(18)14-5-6-17-7-9(2)19-10(3)8-17/h9-10H,4-8H2,1-3H3,(H,14,18). The average Bonchev–Trinajstić information content (AvgIpc) is 2.85. The fraction of sp³-hybridized carbons (Fsp3) is 0.769. The number of aryl methyl sites for hydroxylation is 1. The van der Waals surface area contributed by atoms with E-state index in [1.807, 2.05) is 6.92 Å². The second kappa shape index (κ2) is 7.10. The molecule has 2 rings (SSSR count). The Balaban J connectivity index is 1.77. The van der Waals surface area contributed by atoms with E-state index in [9.17, 15) is 4.79 Å². The second-order valence-electron chi connectivity index (χ2n) is 5.18. The number of nitrogens with one attached hydrogen (secondary N) is 1. The molecule has 1 saturated heterocycles. The highest BCUT2D eigenvalue weighted by atomic mass is 32.1. The van der Waals surface area contributed by atoms with Crippen LogP contribution in [0.1, 0.15) is 36.1 Å². The van der Waals surface area contributed by atoms with Gasteiger partial charge in [-0.1, -0.05) is 11.4 Å². The van der Waals surface area contributed by atoms with Crippen molar-refractivity contribution in [3.8, 4) is 0 Å². The van der Waals surface area contributed by atoms with Gasteiger partial charge in [0, 0.05) is 26.2 Å². The Bertz CT molecular complexity index is 441. The fourth-order valence-corrected chi connectivity index (χ4v) is 3.15.